The fraction of sp³-hybridized carbons (Fsp3) is 0.714. The Kier molecular flexibility index (Phi) is 4.49. The fourth-order valence-electron chi connectivity index (χ4n) is 2.96. The molecule has 1 aliphatic carbocycles. The first-order valence-corrected chi connectivity index (χ1v) is 6.81. The topological polar surface area (TPSA) is 37.8 Å². The zero-order chi connectivity index (χ0) is 12.1. The van der Waals surface area contributed by atoms with Gasteiger partial charge in [0.2, 0.25) is 0 Å². The molecule has 1 aromatic heterocycles. The van der Waals surface area contributed by atoms with E-state index < -0.39 is 0 Å². The standard InChI is InChI=1S/C14H23N3/c1-3-7-17-14(12-8-15-10-16-9-12)13-6-4-5-11(13)2/h8-11,13-14,17H,3-7H2,1-2H3. The van der Waals surface area contributed by atoms with Crippen LogP contribution in [0.15, 0.2) is 18.7 Å². The lowest BCUT2D eigenvalue weighted by molar-refractivity contribution is 0.301. The van der Waals surface area contributed by atoms with Gasteiger partial charge in [0.25, 0.3) is 0 Å². The zero-order valence-electron chi connectivity index (χ0n) is 10.9. The monoisotopic (exact) mass is 233 g/mol. The Morgan fingerprint density at radius 3 is 2.71 bits per heavy atom. The third kappa shape index (κ3) is 3.03. The molecule has 17 heavy (non-hydrogen) atoms. The summed E-state index contributed by atoms with van der Waals surface area (Å²) in [6.07, 6.45) is 10.8. The number of nitrogens with zero attached hydrogens (tertiary/aromatic N) is 2. The van der Waals surface area contributed by atoms with Gasteiger partial charge in [-0.2, -0.15) is 0 Å². The molecule has 0 radical (unpaired) electrons. The molecule has 1 fully saturated rings. The van der Waals surface area contributed by atoms with Crippen LogP contribution in [0.2, 0.25) is 0 Å². The summed E-state index contributed by atoms with van der Waals surface area (Å²) in [6.45, 7) is 5.66. The Balaban J connectivity index is 2.13. The van der Waals surface area contributed by atoms with Gasteiger partial charge in [0.15, 0.2) is 0 Å². The highest BCUT2D eigenvalue weighted by molar-refractivity contribution is 5.12. The van der Waals surface area contributed by atoms with Crippen LogP contribution in [-0.2, 0) is 0 Å². The molecule has 1 aliphatic rings. The SMILES string of the molecule is CCCNC(c1cncnc1)C1CCCC1C. The van der Waals surface area contributed by atoms with Crippen LogP contribution in [0.25, 0.3) is 0 Å². The van der Waals surface area contributed by atoms with Crippen molar-refractivity contribution in [1.82, 2.24) is 15.3 Å². The van der Waals surface area contributed by atoms with Crippen molar-refractivity contribution in [3.8, 4) is 0 Å². The second-order valence-corrected chi connectivity index (χ2v) is 5.18. The van der Waals surface area contributed by atoms with Crippen LogP contribution in [0.3, 0.4) is 0 Å². The molecule has 94 valence electrons. The Bertz CT molecular complexity index is 325. The van der Waals surface area contributed by atoms with E-state index in [9.17, 15) is 0 Å². The van der Waals surface area contributed by atoms with Crippen molar-refractivity contribution in [2.45, 2.75) is 45.6 Å². The second kappa shape index (κ2) is 6.10. The van der Waals surface area contributed by atoms with Crippen LogP contribution >= 0.6 is 0 Å². The normalized spacial score (nSPS) is 26.0. The van der Waals surface area contributed by atoms with Gasteiger partial charge in [0, 0.05) is 24.0 Å². The molecule has 2 rings (SSSR count). The molecule has 0 bridgehead atoms. The molecule has 1 saturated carbocycles. The van der Waals surface area contributed by atoms with Crippen LogP contribution < -0.4 is 5.32 Å². The van der Waals surface area contributed by atoms with E-state index in [1.165, 1.54) is 31.2 Å². The number of hydrogen-bond donors (Lipinski definition) is 1. The molecule has 1 aromatic rings. The molecular weight excluding hydrogens is 210 g/mol. The third-order valence-corrected chi connectivity index (χ3v) is 3.91. The van der Waals surface area contributed by atoms with Crippen LogP contribution in [-0.4, -0.2) is 16.5 Å². The van der Waals surface area contributed by atoms with Crippen LogP contribution in [0.1, 0.15) is 51.1 Å². The summed E-state index contributed by atoms with van der Waals surface area (Å²) >= 11 is 0. The summed E-state index contributed by atoms with van der Waals surface area (Å²) in [5.74, 6) is 1.55. The molecule has 1 heterocycles. The number of hydrogen-bond acceptors (Lipinski definition) is 3. The Labute approximate surface area is 104 Å². The molecule has 3 unspecified atom stereocenters. The van der Waals surface area contributed by atoms with Gasteiger partial charge in [-0.1, -0.05) is 26.7 Å². The first-order valence-electron chi connectivity index (χ1n) is 6.81. The van der Waals surface area contributed by atoms with Crippen LogP contribution in [0.4, 0.5) is 0 Å². The quantitative estimate of drug-likeness (QED) is 0.849. The Morgan fingerprint density at radius 2 is 2.12 bits per heavy atom. The van der Waals surface area contributed by atoms with Gasteiger partial charge in [-0.25, -0.2) is 9.97 Å². The number of nitrogens with one attached hydrogen (secondary N) is 1. The summed E-state index contributed by atoms with van der Waals surface area (Å²) in [5, 5.41) is 3.68. The van der Waals surface area contributed by atoms with Gasteiger partial charge in [0.1, 0.15) is 6.33 Å². The summed E-state index contributed by atoms with van der Waals surface area (Å²) in [6, 6.07) is 0.439. The van der Waals surface area contributed by atoms with Gasteiger partial charge < -0.3 is 5.32 Å². The largest absolute Gasteiger partial charge is 0.310 e. The van der Waals surface area contributed by atoms with Gasteiger partial charge in [-0.3, -0.25) is 0 Å². The van der Waals surface area contributed by atoms with E-state index in [0.29, 0.717) is 6.04 Å². The molecule has 3 heteroatoms. The maximum atomic E-state index is 4.16. The van der Waals surface area contributed by atoms with Crippen molar-refractivity contribution >= 4 is 0 Å². The van der Waals surface area contributed by atoms with Crippen molar-refractivity contribution in [3.05, 3.63) is 24.3 Å². The van der Waals surface area contributed by atoms with E-state index in [0.717, 1.165) is 18.4 Å². The maximum absolute atomic E-state index is 4.16. The van der Waals surface area contributed by atoms with Gasteiger partial charge in [-0.05, 0) is 31.2 Å². The minimum atomic E-state index is 0.439. The molecule has 3 atom stereocenters. The number of aromatic nitrogens is 2. The van der Waals surface area contributed by atoms with Crippen LogP contribution in [0, 0.1) is 11.8 Å². The smallest absolute Gasteiger partial charge is 0.115 e. The average Bonchev–Trinajstić information content (AvgIpc) is 2.78. The fourth-order valence-corrected chi connectivity index (χ4v) is 2.96. The van der Waals surface area contributed by atoms with E-state index in [4.69, 9.17) is 0 Å². The molecule has 0 spiro atoms. The summed E-state index contributed by atoms with van der Waals surface area (Å²) in [4.78, 5) is 8.32. The van der Waals surface area contributed by atoms with Gasteiger partial charge in [-0.15, -0.1) is 0 Å². The Morgan fingerprint density at radius 1 is 1.35 bits per heavy atom. The lowest BCUT2D eigenvalue weighted by Gasteiger charge is -2.28. The van der Waals surface area contributed by atoms with Gasteiger partial charge >= 0.3 is 0 Å². The summed E-state index contributed by atoms with van der Waals surface area (Å²) < 4.78 is 0. The minimum Gasteiger partial charge on any atom is -0.310 e. The minimum absolute atomic E-state index is 0.439. The van der Waals surface area contributed by atoms with Crippen LogP contribution in [0.5, 0.6) is 0 Å². The van der Waals surface area contributed by atoms with Crippen molar-refractivity contribution in [2.24, 2.45) is 11.8 Å². The lowest BCUT2D eigenvalue weighted by Crippen LogP contribution is -2.30. The number of rotatable bonds is 5. The summed E-state index contributed by atoms with van der Waals surface area (Å²) in [7, 11) is 0. The predicted octanol–water partition coefficient (Wildman–Crippen LogP) is 2.95. The highest BCUT2D eigenvalue weighted by atomic mass is 14.9. The molecule has 3 nitrogen and oxygen atoms in total. The lowest BCUT2D eigenvalue weighted by atomic mass is 9.87. The maximum Gasteiger partial charge on any atom is 0.115 e. The zero-order valence-corrected chi connectivity index (χ0v) is 10.9. The molecule has 0 amide bonds. The second-order valence-electron chi connectivity index (χ2n) is 5.18. The van der Waals surface area contributed by atoms with Crippen molar-refractivity contribution in [3.63, 3.8) is 0 Å². The van der Waals surface area contributed by atoms with Crippen molar-refractivity contribution in [1.29, 1.82) is 0 Å². The molecule has 0 saturated heterocycles. The van der Waals surface area contributed by atoms with Crippen molar-refractivity contribution in [2.75, 3.05) is 6.54 Å². The molecule has 0 aromatic carbocycles. The molecular formula is C14H23N3. The predicted molar refractivity (Wildman–Crippen MR) is 69.6 cm³/mol. The van der Waals surface area contributed by atoms with Gasteiger partial charge in [0.05, 0.1) is 0 Å². The highest BCUT2D eigenvalue weighted by Gasteiger charge is 2.31. The van der Waals surface area contributed by atoms with E-state index in [-0.39, 0.29) is 0 Å². The van der Waals surface area contributed by atoms with E-state index in [2.05, 4.69) is 29.1 Å². The highest BCUT2D eigenvalue weighted by Crippen LogP contribution is 2.39. The van der Waals surface area contributed by atoms with E-state index in [1.54, 1.807) is 6.33 Å². The van der Waals surface area contributed by atoms with E-state index >= 15 is 0 Å². The summed E-state index contributed by atoms with van der Waals surface area (Å²) in [5.41, 5.74) is 1.25. The average molecular weight is 233 g/mol. The van der Waals surface area contributed by atoms with Crippen molar-refractivity contribution < 1.29 is 0 Å². The first-order chi connectivity index (χ1) is 8.33. The molecule has 0 aliphatic heterocycles. The third-order valence-electron chi connectivity index (χ3n) is 3.91. The Hall–Kier alpha value is -0.960. The first kappa shape index (κ1) is 12.5. The molecule has 1 N–H and O–H groups in total. The van der Waals surface area contributed by atoms with E-state index in [1.807, 2.05) is 12.4 Å².